The van der Waals surface area contributed by atoms with Gasteiger partial charge in [-0.15, -0.1) is 0 Å². The minimum Gasteiger partial charge on any atom is -0.482 e. The molecule has 1 N–H and O–H groups in total. The molecule has 0 aliphatic rings. The average Bonchev–Trinajstić information content (AvgIpc) is 2.66. The first-order valence-corrected chi connectivity index (χ1v) is 9.88. The molecule has 0 aliphatic heterocycles. The molecule has 5 nitrogen and oxygen atoms in total. The fourth-order valence-corrected chi connectivity index (χ4v) is 3.23. The molecule has 0 aliphatic carbocycles. The Bertz CT molecular complexity index is 833. The van der Waals surface area contributed by atoms with Crippen LogP contribution in [-0.2, 0) is 16.1 Å². The summed E-state index contributed by atoms with van der Waals surface area (Å²) < 4.78 is 19.5. The highest BCUT2D eigenvalue weighted by molar-refractivity contribution is 9.10. The minimum atomic E-state index is -0.721. The zero-order valence-corrected chi connectivity index (χ0v) is 17.9. The topological polar surface area (TPSA) is 58.6 Å². The van der Waals surface area contributed by atoms with Crippen LogP contribution < -0.4 is 10.1 Å². The van der Waals surface area contributed by atoms with Crippen molar-refractivity contribution in [3.8, 4) is 5.75 Å². The predicted molar refractivity (Wildman–Crippen MR) is 110 cm³/mol. The highest BCUT2D eigenvalue weighted by Crippen LogP contribution is 2.27. The van der Waals surface area contributed by atoms with Crippen molar-refractivity contribution >= 4 is 39.3 Å². The van der Waals surface area contributed by atoms with Crippen molar-refractivity contribution in [3.05, 3.63) is 63.3 Å². The van der Waals surface area contributed by atoms with E-state index in [1.54, 1.807) is 44.2 Å². The van der Waals surface area contributed by atoms with Crippen molar-refractivity contribution < 1.29 is 18.7 Å². The largest absolute Gasteiger partial charge is 0.482 e. The summed E-state index contributed by atoms with van der Waals surface area (Å²) in [5.74, 6) is -0.668. The molecule has 0 saturated carbocycles. The van der Waals surface area contributed by atoms with E-state index in [4.69, 9.17) is 16.3 Å². The van der Waals surface area contributed by atoms with E-state index in [2.05, 4.69) is 21.2 Å². The Labute approximate surface area is 176 Å². The Hall–Kier alpha value is -2.12. The SMILES string of the molecule is CCNC(=O)C(C)N(Cc1ccc(F)cc1)C(=O)COc1ccc(Br)cc1Cl. The van der Waals surface area contributed by atoms with Crippen LogP contribution in [0.15, 0.2) is 46.9 Å². The molecule has 0 aromatic heterocycles. The van der Waals surface area contributed by atoms with Gasteiger partial charge in [0.2, 0.25) is 5.91 Å². The maximum absolute atomic E-state index is 13.2. The molecule has 8 heteroatoms. The Balaban J connectivity index is 2.15. The second-order valence-electron chi connectivity index (χ2n) is 6.08. The molecule has 0 bridgehead atoms. The number of hydrogen-bond donors (Lipinski definition) is 1. The van der Waals surface area contributed by atoms with Gasteiger partial charge in [-0.2, -0.15) is 0 Å². The van der Waals surface area contributed by atoms with Crippen LogP contribution >= 0.6 is 27.5 Å². The Kier molecular flexibility index (Phi) is 8.26. The third-order valence-corrected chi connectivity index (χ3v) is 4.82. The fourth-order valence-electron chi connectivity index (χ4n) is 2.51. The second-order valence-corrected chi connectivity index (χ2v) is 7.40. The van der Waals surface area contributed by atoms with E-state index in [1.807, 2.05) is 0 Å². The zero-order valence-electron chi connectivity index (χ0n) is 15.5. The molecule has 0 spiro atoms. The zero-order chi connectivity index (χ0) is 20.7. The van der Waals surface area contributed by atoms with E-state index in [9.17, 15) is 14.0 Å². The van der Waals surface area contributed by atoms with Crippen molar-refractivity contribution in [2.24, 2.45) is 0 Å². The molecule has 2 rings (SSSR count). The minimum absolute atomic E-state index is 0.148. The van der Waals surface area contributed by atoms with Crippen molar-refractivity contribution in [1.82, 2.24) is 10.2 Å². The molecule has 28 heavy (non-hydrogen) atoms. The lowest BCUT2D eigenvalue weighted by Crippen LogP contribution is -2.49. The molecule has 0 heterocycles. The Morgan fingerprint density at radius 3 is 2.54 bits per heavy atom. The van der Waals surface area contributed by atoms with E-state index in [1.165, 1.54) is 17.0 Å². The van der Waals surface area contributed by atoms with Gasteiger partial charge in [0.15, 0.2) is 6.61 Å². The lowest BCUT2D eigenvalue weighted by Gasteiger charge is -2.28. The van der Waals surface area contributed by atoms with Crippen LogP contribution in [-0.4, -0.2) is 35.9 Å². The molecule has 2 aromatic carbocycles. The summed E-state index contributed by atoms with van der Waals surface area (Å²) in [5.41, 5.74) is 0.701. The summed E-state index contributed by atoms with van der Waals surface area (Å²) in [6.07, 6.45) is 0. The van der Waals surface area contributed by atoms with E-state index in [-0.39, 0.29) is 30.8 Å². The summed E-state index contributed by atoms with van der Waals surface area (Å²) >= 11 is 9.42. The van der Waals surface area contributed by atoms with Crippen molar-refractivity contribution in [3.63, 3.8) is 0 Å². The first kappa shape index (κ1) is 22.2. The van der Waals surface area contributed by atoms with Gasteiger partial charge in [-0.1, -0.05) is 39.7 Å². The number of carbonyl (C=O) groups excluding carboxylic acids is 2. The number of nitrogens with zero attached hydrogens (tertiary/aromatic N) is 1. The number of nitrogens with one attached hydrogen (secondary N) is 1. The Morgan fingerprint density at radius 1 is 1.25 bits per heavy atom. The van der Waals surface area contributed by atoms with Crippen molar-refractivity contribution in [2.75, 3.05) is 13.2 Å². The maximum atomic E-state index is 13.2. The first-order chi connectivity index (χ1) is 13.3. The van der Waals surface area contributed by atoms with Crippen LogP contribution in [0.3, 0.4) is 0 Å². The third kappa shape index (κ3) is 6.21. The molecule has 150 valence electrons. The summed E-state index contributed by atoms with van der Waals surface area (Å²) in [4.78, 5) is 26.5. The predicted octanol–water partition coefficient (Wildman–Crippen LogP) is 4.17. The molecule has 1 atom stereocenters. The number of hydrogen-bond acceptors (Lipinski definition) is 3. The van der Waals surface area contributed by atoms with E-state index < -0.39 is 6.04 Å². The van der Waals surface area contributed by atoms with Crippen LogP contribution in [0.1, 0.15) is 19.4 Å². The monoisotopic (exact) mass is 470 g/mol. The summed E-state index contributed by atoms with van der Waals surface area (Å²) in [5, 5.41) is 3.07. The smallest absolute Gasteiger partial charge is 0.261 e. The number of likely N-dealkylation sites (N-methyl/N-ethyl adjacent to an activating group) is 1. The average molecular weight is 472 g/mol. The van der Waals surface area contributed by atoms with Gasteiger partial charge in [-0.05, 0) is 49.7 Å². The van der Waals surface area contributed by atoms with Gasteiger partial charge in [-0.3, -0.25) is 9.59 Å². The van der Waals surface area contributed by atoms with E-state index >= 15 is 0 Å². The van der Waals surface area contributed by atoms with E-state index in [0.29, 0.717) is 22.9 Å². The van der Waals surface area contributed by atoms with Crippen LogP contribution in [0.25, 0.3) is 0 Å². The highest BCUT2D eigenvalue weighted by atomic mass is 79.9. The summed E-state index contributed by atoms with van der Waals surface area (Å²) in [6.45, 7) is 3.75. The first-order valence-electron chi connectivity index (χ1n) is 8.71. The molecule has 2 aromatic rings. The molecule has 0 fully saturated rings. The van der Waals surface area contributed by atoms with Gasteiger partial charge in [0.1, 0.15) is 17.6 Å². The molecule has 1 unspecified atom stereocenters. The standard InChI is InChI=1S/C20H21BrClFN2O3/c1-3-24-20(27)13(2)25(11-14-4-7-16(23)8-5-14)19(26)12-28-18-9-6-15(21)10-17(18)22/h4-10,13H,3,11-12H2,1-2H3,(H,24,27). The van der Waals surface area contributed by atoms with E-state index in [0.717, 1.165) is 4.47 Å². The van der Waals surface area contributed by atoms with Gasteiger partial charge in [0.05, 0.1) is 5.02 Å². The normalized spacial score (nSPS) is 11.6. The van der Waals surface area contributed by atoms with Gasteiger partial charge in [-0.25, -0.2) is 4.39 Å². The van der Waals surface area contributed by atoms with Crippen LogP contribution in [0.5, 0.6) is 5.75 Å². The van der Waals surface area contributed by atoms with Crippen LogP contribution in [0, 0.1) is 5.82 Å². The molecule has 0 saturated heterocycles. The van der Waals surface area contributed by atoms with Gasteiger partial charge in [0, 0.05) is 17.6 Å². The summed E-state index contributed by atoms with van der Waals surface area (Å²) in [7, 11) is 0. The molecular weight excluding hydrogens is 451 g/mol. The molecular formula is C20H21BrClFN2O3. The van der Waals surface area contributed by atoms with Crippen LogP contribution in [0.2, 0.25) is 5.02 Å². The third-order valence-electron chi connectivity index (χ3n) is 4.03. The van der Waals surface area contributed by atoms with Gasteiger partial charge >= 0.3 is 0 Å². The Morgan fingerprint density at radius 2 is 1.93 bits per heavy atom. The van der Waals surface area contributed by atoms with Crippen molar-refractivity contribution in [2.45, 2.75) is 26.4 Å². The maximum Gasteiger partial charge on any atom is 0.261 e. The van der Waals surface area contributed by atoms with Crippen molar-refractivity contribution in [1.29, 1.82) is 0 Å². The number of ether oxygens (including phenoxy) is 1. The number of carbonyl (C=O) groups is 2. The lowest BCUT2D eigenvalue weighted by atomic mass is 10.1. The lowest BCUT2D eigenvalue weighted by molar-refractivity contribution is -0.142. The summed E-state index contributed by atoms with van der Waals surface area (Å²) in [6, 6.07) is 10.1. The quantitative estimate of drug-likeness (QED) is 0.628. The fraction of sp³-hybridized carbons (Fsp3) is 0.300. The molecule has 2 amide bonds. The number of benzene rings is 2. The highest BCUT2D eigenvalue weighted by Gasteiger charge is 2.26. The van der Waals surface area contributed by atoms with Crippen LogP contribution in [0.4, 0.5) is 4.39 Å². The number of amides is 2. The number of halogens is 3. The molecule has 0 radical (unpaired) electrons. The number of rotatable bonds is 8. The van der Waals surface area contributed by atoms with Gasteiger partial charge < -0.3 is 15.0 Å². The second kappa shape index (κ2) is 10.4. The van der Waals surface area contributed by atoms with Gasteiger partial charge in [0.25, 0.3) is 5.91 Å².